The van der Waals surface area contributed by atoms with Gasteiger partial charge in [0.1, 0.15) is 17.4 Å². The largest absolute Gasteiger partial charge is 0.496 e. The SMILES string of the molecule is COc1cc2nc(C)nc(N[C@H](C)c3cccc(C)c3C)c2cc1C1=CCC(C(=O)N(C)C)CC1. The normalized spacial score (nSPS) is 16.5. The zero-order valence-corrected chi connectivity index (χ0v) is 21.9. The number of rotatable bonds is 6. The van der Waals surface area contributed by atoms with Crippen molar-refractivity contribution in [1.82, 2.24) is 14.9 Å². The maximum Gasteiger partial charge on any atom is 0.225 e. The molecule has 0 saturated heterocycles. The fourth-order valence-electron chi connectivity index (χ4n) is 5.00. The lowest BCUT2D eigenvalue weighted by Gasteiger charge is -2.25. The summed E-state index contributed by atoms with van der Waals surface area (Å²) in [6.07, 6.45) is 4.61. The van der Waals surface area contributed by atoms with Crippen molar-refractivity contribution in [3.63, 3.8) is 0 Å². The Balaban J connectivity index is 1.73. The molecule has 0 bridgehead atoms. The van der Waals surface area contributed by atoms with Crippen LogP contribution in [-0.2, 0) is 4.79 Å². The summed E-state index contributed by atoms with van der Waals surface area (Å²) in [7, 11) is 5.34. The lowest BCUT2D eigenvalue weighted by Crippen LogP contribution is -2.30. The minimum atomic E-state index is 0.0434. The molecule has 4 rings (SSSR count). The van der Waals surface area contributed by atoms with E-state index in [4.69, 9.17) is 14.7 Å². The molecule has 1 unspecified atom stereocenters. The molecule has 0 fully saturated rings. The molecule has 1 aromatic heterocycles. The van der Waals surface area contributed by atoms with Crippen LogP contribution in [0.25, 0.3) is 16.5 Å². The first-order valence-electron chi connectivity index (χ1n) is 12.3. The highest BCUT2D eigenvalue weighted by molar-refractivity contribution is 5.94. The van der Waals surface area contributed by atoms with Gasteiger partial charge in [0.05, 0.1) is 18.7 Å². The van der Waals surface area contributed by atoms with Crippen molar-refractivity contribution in [3.05, 3.63) is 64.5 Å². The van der Waals surface area contributed by atoms with Gasteiger partial charge in [0.25, 0.3) is 0 Å². The number of nitrogens with one attached hydrogen (secondary N) is 1. The van der Waals surface area contributed by atoms with Crippen molar-refractivity contribution >= 4 is 28.2 Å². The number of benzene rings is 2. The topological polar surface area (TPSA) is 67.4 Å². The molecule has 1 aliphatic rings. The number of methoxy groups -OCH3 is 1. The summed E-state index contributed by atoms with van der Waals surface area (Å²) in [6, 6.07) is 10.7. The molecule has 6 nitrogen and oxygen atoms in total. The molecular formula is C29H36N4O2. The highest BCUT2D eigenvalue weighted by Gasteiger charge is 2.25. The fraction of sp³-hybridized carbons (Fsp3) is 0.414. The predicted molar refractivity (Wildman–Crippen MR) is 143 cm³/mol. The Hall–Kier alpha value is -3.41. The number of carbonyl (C=O) groups excluding carboxylic acids is 1. The average molecular weight is 473 g/mol. The molecule has 1 amide bonds. The second-order valence-corrected chi connectivity index (χ2v) is 9.78. The summed E-state index contributed by atoms with van der Waals surface area (Å²) >= 11 is 0. The van der Waals surface area contributed by atoms with Crippen molar-refractivity contribution in [3.8, 4) is 5.75 Å². The first kappa shape index (κ1) is 24.7. The molecule has 6 heteroatoms. The molecule has 0 radical (unpaired) electrons. The van der Waals surface area contributed by atoms with Gasteiger partial charge < -0.3 is 15.0 Å². The number of carbonyl (C=O) groups is 1. The molecule has 3 aromatic rings. The monoisotopic (exact) mass is 472 g/mol. The number of anilines is 1. The lowest BCUT2D eigenvalue weighted by molar-refractivity contribution is -0.133. The summed E-state index contributed by atoms with van der Waals surface area (Å²) in [5.74, 6) is 2.57. The Kier molecular flexibility index (Phi) is 7.10. The Labute approximate surface area is 208 Å². The molecule has 184 valence electrons. The third-order valence-corrected chi connectivity index (χ3v) is 7.14. The van der Waals surface area contributed by atoms with E-state index in [1.807, 2.05) is 27.1 Å². The van der Waals surface area contributed by atoms with E-state index in [1.165, 1.54) is 22.3 Å². The second kappa shape index (κ2) is 10.1. The van der Waals surface area contributed by atoms with Crippen LogP contribution in [0.15, 0.2) is 36.4 Å². The highest BCUT2D eigenvalue weighted by atomic mass is 16.5. The summed E-state index contributed by atoms with van der Waals surface area (Å²) in [5.41, 5.74) is 6.94. The number of nitrogens with zero attached hydrogens (tertiary/aromatic N) is 3. The maximum absolute atomic E-state index is 12.4. The van der Waals surface area contributed by atoms with Crippen LogP contribution < -0.4 is 10.1 Å². The van der Waals surface area contributed by atoms with Crippen molar-refractivity contribution in [2.75, 3.05) is 26.5 Å². The average Bonchev–Trinajstić information content (AvgIpc) is 2.84. The smallest absolute Gasteiger partial charge is 0.225 e. The van der Waals surface area contributed by atoms with Gasteiger partial charge in [-0.2, -0.15) is 0 Å². The maximum atomic E-state index is 12.4. The molecule has 1 aliphatic carbocycles. The minimum absolute atomic E-state index is 0.0434. The van der Waals surface area contributed by atoms with E-state index in [1.54, 1.807) is 12.0 Å². The number of hydrogen-bond donors (Lipinski definition) is 1. The quantitative estimate of drug-likeness (QED) is 0.476. The number of fused-ring (bicyclic) bond motifs is 1. The van der Waals surface area contributed by atoms with Crippen molar-refractivity contribution in [2.24, 2.45) is 5.92 Å². The number of allylic oxidation sites excluding steroid dienone is 2. The molecule has 0 saturated carbocycles. The van der Waals surface area contributed by atoms with Gasteiger partial charge in [-0.15, -0.1) is 0 Å². The van der Waals surface area contributed by atoms with Gasteiger partial charge in [-0.3, -0.25) is 4.79 Å². The number of hydrogen-bond acceptors (Lipinski definition) is 5. The zero-order valence-electron chi connectivity index (χ0n) is 21.9. The van der Waals surface area contributed by atoms with Gasteiger partial charge in [0.15, 0.2) is 0 Å². The molecule has 2 aromatic carbocycles. The van der Waals surface area contributed by atoms with E-state index < -0.39 is 0 Å². The van der Waals surface area contributed by atoms with Crippen LogP contribution in [-0.4, -0.2) is 42.0 Å². The van der Waals surface area contributed by atoms with Crippen molar-refractivity contribution < 1.29 is 9.53 Å². The van der Waals surface area contributed by atoms with Gasteiger partial charge in [-0.05, 0) is 75.3 Å². The van der Waals surface area contributed by atoms with Crippen LogP contribution in [0, 0.1) is 26.7 Å². The molecule has 35 heavy (non-hydrogen) atoms. The molecule has 1 heterocycles. The van der Waals surface area contributed by atoms with Crippen LogP contribution >= 0.6 is 0 Å². The number of aromatic nitrogens is 2. The van der Waals surface area contributed by atoms with Crippen LogP contribution in [0.4, 0.5) is 5.82 Å². The van der Waals surface area contributed by atoms with Crippen LogP contribution in [0.3, 0.4) is 0 Å². The van der Waals surface area contributed by atoms with Crippen molar-refractivity contribution in [1.29, 1.82) is 0 Å². The summed E-state index contributed by atoms with van der Waals surface area (Å²) in [4.78, 5) is 23.6. The minimum Gasteiger partial charge on any atom is -0.496 e. The van der Waals surface area contributed by atoms with Crippen LogP contribution in [0.1, 0.15) is 60.3 Å². The summed E-state index contributed by atoms with van der Waals surface area (Å²) in [6.45, 7) is 8.39. The van der Waals surface area contributed by atoms with E-state index in [2.05, 4.69) is 56.4 Å². The number of amides is 1. The van der Waals surface area contributed by atoms with E-state index in [9.17, 15) is 4.79 Å². The zero-order chi connectivity index (χ0) is 25.3. The van der Waals surface area contributed by atoms with Gasteiger partial charge in [0.2, 0.25) is 5.91 Å². The standard InChI is InChI=1S/C29H36N4O2/c1-17-9-8-10-23(18(17)2)19(3)30-28-25-15-24(27(35-7)16-26(25)31-20(4)32-28)21-11-13-22(14-12-21)29(34)33(5)6/h8-11,15-16,19,22H,12-14H2,1-7H3,(H,30,31,32)/t19-,22?/m1/s1. The van der Waals surface area contributed by atoms with Crippen LogP contribution in [0.5, 0.6) is 5.75 Å². The third kappa shape index (κ3) is 5.02. The molecule has 0 aliphatic heterocycles. The van der Waals surface area contributed by atoms with Crippen LogP contribution in [0.2, 0.25) is 0 Å². The molecule has 1 N–H and O–H groups in total. The Morgan fingerprint density at radius 1 is 1.17 bits per heavy atom. The number of ether oxygens (including phenoxy) is 1. The van der Waals surface area contributed by atoms with Crippen molar-refractivity contribution in [2.45, 2.75) is 53.0 Å². The van der Waals surface area contributed by atoms with E-state index in [-0.39, 0.29) is 17.9 Å². The Morgan fingerprint density at radius 3 is 2.60 bits per heavy atom. The summed E-state index contributed by atoms with van der Waals surface area (Å²) in [5, 5.41) is 4.62. The molecule has 0 spiro atoms. The van der Waals surface area contributed by atoms with E-state index in [0.29, 0.717) is 5.82 Å². The van der Waals surface area contributed by atoms with Gasteiger partial charge >= 0.3 is 0 Å². The third-order valence-electron chi connectivity index (χ3n) is 7.14. The Morgan fingerprint density at radius 2 is 1.94 bits per heavy atom. The first-order chi connectivity index (χ1) is 16.7. The Bertz CT molecular complexity index is 1300. The van der Waals surface area contributed by atoms with Gasteiger partial charge in [0, 0.05) is 37.0 Å². The van der Waals surface area contributed by atoms with E-state index >= 15 is 0 Å². The molecule has 2 atom stereocenters. The molecular weight excluding hydrogens is 436 g/mol. The first-order valence-corrected chi connectivity index (χ1v) is 12.3. The lowest BCUT2D eigenvalue weighted by atomic mass is 9.85. The second-order valence-electron chi connectivity index (χ2n) is 9.78. The number of aryl methyl sites for hydroxylation is 2. The predicted octanol–water partition coefficient (Wildman–Crippen LogP) is 6.01. The summed E-state index contributed by atoms with van der Waals surface area (Å²) < 4.78 is 5.78. The van der Waals surface area contributed by atoms with Gasteiger partial charge in [-0.1, -0.05) is 24.3 Å². The fourth-order valence-corrected chi connectivity index (χ4v) is 5.00. The highest BCUT2D eigenvalue weighted by Crippen LogP contribution is 2.39. The van der Waals surface area contributed by atoms with E-state index in [0.717, 1.165) is 47.3 Å². The van der Waals surface area contributed by atoms with Gasteiger partial charge in [-0.25, -0.2) is 9.97 Å².